The lowest BCUT2D eigenvalue weighted by Crippen LogP contribution is -2.34. The smallest absolute Gasteiger partial charge is 0.316 e. The van der Waals surface area contributed by atoms with E-state index in [2.05, 4.69) is 0 Å². The van der Waals surface area contributed by atoms with Gasteiger partial charge in [0.2, 0.25) is 0 Å². The van der Waals surface area contributed by atoms with Gasteiger partial charge in [0.05, 0.1) is 13.7 Å². The summed E-state index contributed by atoms with van der Waals surface area (Å²) >= 11 is 0. The highest BCUT2D eigenvalue weighted by Crippen LogP contribution is 2.16. The average Bonchev–Trinajstić information content (AvgIpc) is 2.53. The fourth-order valence-corrected chi connectivity index (χ4v) is 2.09. The molecule has 0 bridgehead atoms. The molecule has 1 rings (SSSR count). The van der Waals surface area contributed by atoms with Crippen LogP contribution in [0.5, 0.6) is 0 Å². The van der Waals surface area contributed by atoms with Crippen LogP contribution >= 0.6 is 0 Å². The molecule has 0 N–H and O–H groups in total. The summed E-state index contributed by atoms with van der Waals surface area (Å²) in [4.78, 5) is 24.1. The third-order valence-electron chi connectivity index (χ3n) is 3.42. The topological polar surface area (TPSA) is 52.6 Å². The van der Waals surface area contributed by atoms with Crippen molar-refractivity contribution in [3.05, 3.63) is 35.9 Å². The maximum Gasteiger partial charge on any atom is 0.316 e. The van der Waals surface area contributed by atoms with Crippen LogP contribution in [-0.2, 0) is 25.7 Å². The molecule has 2 atom stereocenters. The Hall–Kier alpha value is -1.68. The van der Waals surface area contributed by atoms with Crippen molar-refractivity contribution in [1.82, 2.24) is 0 Å². The maximum absolute atomic E-state index is 12.3. The minimum Gasteiger partial charge on any atom is -0.468 e. The van der Waals surface area contributed by atoms with E-state index >= 15 is 0 Å². The van der Waals surface area contributed by atoms with Crippen molar-refractivity contribution in [3.63, 3.8) is 0 Å². The molecule has 0 heterocycles. The number of unbranched alkanes of at least 4 members (excludes halogenated alkanes) is 1. The van der Waals surface area contributed by atoms with Gasteiger partial charge in [-0.25, -0.2) is 0 Å². The summed E-state index contributed by atoms with van der Waals surface area (Å²) < 4.78 is 10.3. The highest BCUT2D eigenvalue weighted by atomic mass is 16.5. The van der Waals surface area contributed by atoms with E-state index in [1.54, 1.807) is 6.92 Å². The van der Waals surface area contributed by atoms with Gasteiger partial charge in [-0.1, -0.05) is 50.1 Å². The van der Waals surface area contributed by atoms with Gasteiger partial charge >= 0.3 is 5.97 Å². The molecule has 0 aliphatic carbocycles. The summed E-state index contributed by atoms with van der Waals surface area (Å²) in [5.41, 5.74) is 1.00. The van der Waals surface area contributed by atoms with Gasteiger partial charge in [0.1, 0.15) is 12.0 Å². The molecular formula is C17H24O4. The summed E-state index contributed by atoms with van der Waals surface area (Å²) in [6.07, 6.45) is 1.64. The van der Waals surface area contributed by atoms with Crippen molar-refractivity contribution in [2.24, 2.45) is 5.92 Å². The second kappa shape index (κ2) is 9.29. The molecule has 1 unspecified atom stereocenters. The first-order valence-electron chi connectivity index (χ1n) is 7.37. The van der Waals surface area contributed by atoms with E-state index in [1.165, 1.54) is 7.11 Å². The Balaban J connectivity index is 2.58. The summed E-state index contributed by atoms with van der Waals surface area (Å²) in [7, 11) is 1.31. The molecule has 0 radical (unpaired) electrons. The molecule has 4 heteroatoms. The van der Waals surface area contributed by atoms with Gasteiger partial charge < -0.3 is 9.47 Å². The van der Waals surface area contributed by atoms with Crippen LogP contribution in [0, 0.1) is 5.92 Å². The van der Waals surface area contributed by atoms with Crippen LogP contribution in [0.4, 0.5) is 0 Å². The van der Waals surface area contributed by atoms with Gasteiger partial charge in [-0.2, -0.15) is 0 Å². The molecule has 0 aliphatic heterocycles. The van der Waals surface area contributed by atoms with E-state index in [1.807, 2.05) is 37.3 Å². The lowest BCUT2D eigenvalue weighted by Gasteiger charge is -2.18. The number of methoxy groups -OCH3 is 1. The number of benzene rings is 1. The SMILES string of the molecule is CCCCC(C(=O)OC)C(=O)[C@@H](C)OCc1ccccc1. The molecule has 0 spiro atoms. The zero-order valence-corrected chi connectivity index (χ0v) is 13.0. The summed E-state index contributed by atoms with van der Waals surface area (Å²) in [6, 6.07) is 9.64. The first-order valence-corrected chi connectivity index (χ1v) is 7.37. The zero-order valence-electron chi connectivity index (χ0n) is 13.0. The number of carbonyl (C=O) groups excluding carboxylic acids is 2. The van der Waals surface area contributed by atoms with Crippen molar-refractivity contribution < 1.29 is 19.1 Å². The molecule has 4 nitrogen and oxygen atoms in total. The number of carbonyl (C=O) groups is 2. The summed E-state index contributed by atoms with van der Waals surface area (Å²) in [5.74, 6) is -1.39. The number of ketones is 1. The van der Waals surface area contributed by atoms with Gasteiger partial charge in [-0.15, -0.1) is 0 Å². The molecule has 1 aromatic rings. The Morgan fingerprint density at radius 3 is 2.43 bits per heavy atom. The van der Waals surface area contributed by atoms with Crippen LogP contribution in [-0.4, -0.2) is 25.0 Å². The molecule has 0 saturated heterocycles. The van der Waals surface area contributed by atoms with Crippen molar-refractivity contribution >= 4 is 11.8 Å². The van der Waals surface area contributed by atoms with Gasteiger partial charge in [0, 0.05) is 0 Å². The monoisotopic (exact) mass is 292 g/mol. The fourth-order valence-electron chi connectivity index (χ4n) is 2.09. The molecule has 0 saturated carbocycles. The highest BCUT2D eigenvalue weighted by molar-refractivity contribution is 6.01. The van der Waals surface area contributed by atoms with E-state index < -0.39 is 18.0 Å². The number of ether oxygens (including phenoxy) is 2. The maximum atomic E-state index is 12.3. The Bertz CT molecular complexity index is 441. The molecule has 0 aliphatic rings. The lowest BCUT2D eigenvalue weighted by atomic mass is 9.94. The van der Waals surface area contributed by atoms with Crippen molar-refractivity contribution in [3.8, 4) is 0 Å². The van der Waals surface area contributed by atoms with Gasteiger partial charge in [-0.3, -0.25) is 9.59 Å². The van der Waals surface area contributed by atoms with Gasteiger partial charge in [0.25, 0.3) is 0 Å². The van der Waals surface area contributed by atoms with Crippen LogP contribution in [0.15, 0.2) is 30.3 Å². The van der Waals surface area contributed by atoms with Crippen molar-refractivity contribution in [2.45, 2.75) is 45.8 Å². The minimum atomic E-state index is -0.722. The second-order valence-electron chi connectivity index (χ2n) is 5.06. The molecule has 0 aromatic heterocycles. The van der Waals surface area contributed by atoms with E-state index in [-0.39, 0.29) is 5.78 Å². The van der Waals surface area contributed by atoms with Crippen LogP contribution in [0.25, 0.3) is 0 Å². The number of rotatable bonds is 9. The van der Waals surface area contributed by atoms with Gasteiger partial charge in [0.15, 0.2) is 5.78 Å². The van der Waals surface area contributed by atoms with Crippen LogP contribution in [0.2, 0.25) is 0 Å². The molecule has 1 aromatic carbocycles. The van der Waals surface area contributed by atoms with E-state index in [0.717, 1.165) is 18.4 Å². The number of hydrogen-bond acceptors (Lipinski definition) is 4. The first-order chi connectivity index (χ1) is 10.1. The lowest BCUT2D eigenvalue weighted by molar-refractivity contribution is -0.153. The predicted molar refractivity (Wildman–Crippen MR) is 80.7 cm³/mol. The van der Waals surface area contributed by atoms with Crippen LogP contribution in [0.3, 0.4) is 0 Å². The fraction of sp³-hybridized carbons (Fsp3) is 0.529. The normalized spacial score (nSPS) is 13.5. The Labute approximate surface area is 126 Å². The first kappa shape index (κ1) is 17.4. The van der Waals surface area contributed by atoms with Crippen molar-refractivity contribution in [1.29, 1.82) is 0 Å². The number of esters is 1. The average molecular weight is 292 g/mol. The zero-order chi connectivity index (χ0) is 15.7. The molecule has 0 amide bonds. The second-order valence-corrected chi connectivity index (χ2v) is 5.06. The largest absolute Gasteiger partial charge is 0.468 e. The Kier molecular flexibility index (Phi) is 7.69. The Morgan fingerprint density at radius 1 is 1.19 bits per heavy atom. The number of Topliss-reactive ketones (excluding diaryl/α,β-unsaturated/α-hetero) is 1. The van der Waals surface area contributed by atoms with Crippen molar-refractivity contribution in [2.75, 3.05) is 7.11 Å². The summed E-state index contributed by atoms with van der Waals surface area (Å²) in [6.45, 7) is 4.07. The Morgan fingerprint density at radius 2 is 1.86 bits per heavy atom. The van der Waals surface area contributed by atoms with E-state index in [4.69, 9.17) is 9.47 Å². The van der Waals surface area contributed by atoms with Crippen LogP contribution < -0.4 is 0 Å². The molecule has 116 valence electrons. The standard InChI is InChI=1S/C17H24O4/c1-4-5-11-15(17(19)20-3)16(18)13(2)21-12-14-9-7-6-8-10-14/h6-10,13,15H,4-5,11-12H2,1-3H3/t13-,15?/m1/s1. The van der Waals surface area contributed by atoms with E-state index in [0.29, 0.717) is 13.0 Å². The highest BCUT2D eigenvalue weighted by Gasteiger charge is 2.30. The molecule has 0 fully saturated rings. The third-order valence-corrected chi connectivity index (χ3v) is 3.42. The minimum absolute atomic E-state index is 0.203. The van der Waals surface area contributed by atoms with Gasteiger partial charge in [-0.05, 0) is 18.9 Å². The summed E-state index contributed by atoms with van der Waals surface area (Å²) in [5, 5.41) is 0. The van der Waals surface area contributed by atoms with Crippen LogP contribution in [0.1, 0.15) is 38.7 Å². The molecule has 21 heavy (non-hydrogen) atoms. The number of hydrogen-bond donors (Lipinski definition) is 0. The molecular weight excluding hydrogens is 268 g/mol. The quantitative estimate of drug-likeness (QED) is 0.518. The third kappa shape index (κ3) is 5.68. The predicted octanol–water partition coefficient (Wildman–Crippen LogP) is 3.14. The van der Waals surface area contributed by atoms with E-state index in [9.17, 15) is 9.59 Å².